The Bertz CT molecular complexity index is 1070. The summed E-state index contributed by atoms with van der Waals surface area (Å²) in [6.45, 7) is 3.43. The number of aromatic nitrogens is 4. The van der Waals surface area contributed by atoms with Gasteiger partial charge in [-0.05, 0) is 20.3 Å². The molecular formula is C16H21ClF4N6O3S. The van der Waals surface area contributed by atoms with E-state index in [1.54, 1.807) is 20.8 Å². The van der Waals surface area contributed by atoms with E-state index in [9.17, 15) is 31.1 Å². The number of nitrogens with one attached hydrogen (secondary N) is 1. The smallest absolute Gasteiger partial charge is 0.390 e. The van der Waals surface area contributed by atoms with E-state index >= 15 is 0 Å². The number of halogens is 5. The number of imidazole rings is 1. The van der Waals surface area contributed by atoms with Crippen LogP contribution in [0.1, 0.15) is 38.9 Å². The zero-order chi connectivity index (χ0) is 23.4. The molecule has 31 heavy (non-hydrogen) atoms. The Labute approximate surface area is 180 Å². The van der Waals surface area contributed by atoms with Gasteiger partial charge in [0.05, 0.1) is 17.8 Å². The van der Waals surface area contributed by atoms with Crippen molar-refractivity contribution in [3.8, 4) is 0 Å². The first-order chi connectivity index (χ1) is 14.1. The number of piperidine rings is 1. The van der Waals surface area contributed by atoms with Crippen molar-refractivity contribution >= 4 is 33.1 Å². The molecule has 2 aromatic rings. The number of hydrogen-bond donors (Lipinski definition) is 2. The fourth-order valence-corrected chi connectivity index (χ4v) is 4.30. The number of alkyl halides is 4. The van der Waals surface area contributed by atoms with Crippen molar-refractivity contribution in [1.29, 1.82) is 0 Å². The van der Waals surface area contributed by atoms with Crippen molar-refractivity contribution in [1.82, 2.24) is 23.9 Å². The third kappa shape index (κ3) is 4.56. The van der Waals surface area contributed by atoms with Gasteiger partial charge in [-0.1, -0.05) is 18.5 Å². The summed E-state index contributed by atoms with van der Waals surface area (Å²) < 4.78 is 77.0. The minimum absolute atomic E-state index is 0.0504. The molecule has 0 bridgehead atoms. The molecule has 2 N–H and O–H groups in total. The van der Waals surface area contributed by atoms with Crippen molar-refractivity contribution in [3.05, 3.63) is 17.2 Å². The lowest BCUT2D eigenvalue weighted by Gasteiger charge is -2.34. The highest BCUT2D eigenvalue weighted by Gasteiger charge is 2.51. The summed E-state index contributed by atoms with van der Waals surface area (Å²) >= 11 is 6.11. The highest BCUT2D eigenvalue weighted by molar-refractivity contribution is 7.90. The Kier molecular flexibility index (Phi) is 6.14. The Morgan fingerprint density at radius 3 is 2.55 bits per heavy atom. The molecule has 3 atom stereocenters. The first-order valence-electron chi connectivity index (χ1n) is 9.23. The zero-order valence-electron chi connectivity index (χ0n) is 16.7. The topological polar surface area (TPSA) is 113 Å². The summed E-state index contributed by atoms with van der Waals surface area (Å²) in [5.74, 6) is -0.202. The van der Waals surface area contributed by atoms with Crippen molar-refractivity contribution in [2.24, 2.45) is 0 Å². The van der Waals surface area contributed by atoms with Gasteiger partial charge in [-0.15, -0.1) is 5.10 Å². The van der Waals surface area contributed by atoms with Crippen LogP contribution >= 0.6 is 11.6 Å². The summed E-state index contributed by atoms with van der Waals surface area (Å²) in [6, 6.07) is -1.01. The second kappa shape index (κ2) is 7.98. The van der Waals surface area contributed by atoms with Crippen molar-refractivity contribution in [3.63, 3.8) is 0 Å². The van der Waals surface area contributed by atoms with Crippen LogP contribution in [-0.4, -0.2) is 73.8 Å². The lowest BCUT2D eigenvalue weighted by molar-refractivity contribution is -0.0501. The molecule has 9 nitrogen and oxygen atoms in total. The van der Waals surface area contributed by atoms with Gasteiger partial charge in [0, 0.05) is 19.0 Å². The quantitative estimate of drug-likeness (QED) is 0.621. The van der Waals surface area contributed by atoms with Gasteiger partial charge in [0.15, 0.2) is 5.15 Å². The molecule has 0 radical (unpaired) electrons. The molecule has 15 heteroatoms. The van der Waals surface area contributed by atoms with E-state index in [0.717, 1.165) is 0 Å². The minimum atomic E-state index is -5.60. The van der Waals surface area contributed by atoms with Crippen LogP contribution in [-0.2, 0) is 10.0 Å². The van der Waals surface area contributed by atoms with Crippen molar-refractivity contribution in [2.45, 2.75) is 56.4 Å². The van der Waals surface area contributed by atoms with E-state index in [1.165, 1.54) is 10.7 Å². The fourth-order valence-electron chi connectivity index (χ4n) is 3.10. The molecule has 174 valence electrons. The van der Waals surface area contributed by atoms with Crippen molar-refractivity contribution in [2.75, 3.05) is 18.4 Å². The summed E-state index contributed by atoms with van der Waals surface area (Å²) in [5.41, 5.74) is -6.29. The summed E-state index contributed by atoms with van der Waals surface area (Å²) in [6.07, 6.45) is -0.816. The standard InChI is InChI=1S/C16H21ClF4N6O3S/c1-8(15(2,3)28)13-24-12(17)11-6-22-14(25-27(11)13)23-10-4-5-26(7-9(10)18)31(29,30)16(19,20)21/h6,8-10,28H,4-5,7H2,1-3H3,(H,23,25)/t8?,9-,10+/m1/s1. The van der Waals surface area contributed by atoms with Gasteiger partial charge < -0.3 is 10.4 Å². The normalized spacial score (nSPS) is 22.6. The molecule has 0 aromatic carbocycles. The van der Waals surface area contributed by atoms with Gasteiger partial charge in [-0.2, -0.15) is 17.5 Å². The van der Waals surface area contributed by atoms with Gasteiger partial charge in [-0.25, -0.2) is 27.3 Å². The number of aliphatic hydroxyl groups is 1. The highest BCUT2D eigenvalue weighted by Crippen LogP contribution is 2.31. The second-order valence-corrected chi connectivity index (χ2v) is 10.2. The summed E-state index contributed by atoms with van der Waals surface area (Å²) in [5, 5.41) is 17.3. The molecule has 1 fully saturated rings. The number of sulfonamides is 1. The van der Waals surface area contributed by atoms with E-state index in [2.05, 4.69) is 20.4 Å². The van der Waals surface area contributed by atoms with Crippen LogP contribution in [0.25, 0.3) is 5.52 Å². The molecule has 1 unspecified atom stereocenters. The van der Waals surface area contributed by atoms with Gasteiger partial charge >= 0.3 is 15.5 Å². The molecule has 3 rings (SSSR count). The zero-order valence-corrected chi connectivity index (χ0v) is 18.3. The summed E-state index contributed by atoms with van der Waals surface area (Å²) in [7, 11) is -5.60. The van der Waals surface area contributed by atoms with Crippen LogP contribution in [0.2, 0.25) is 5.15 Å². The number of anilines is 1. The minimum Gasteiger partial charge on any atom is -0.390 e. The Hall–Kier alpha value is -1.77. The van der Waals surface area contributed by atoms with E-state index in [-0.39, 0.29) is 21.8 Å². The molecule has 0 aliphatic carbocycles. The van der Waals surface area contributed by atoms with Gasteiger partial charge in [-0.3, -0.25) is 0 Å². The first kappa shape index (κ1) is 23.9. The van der Waals surface area contributed by atoms with E-state index < -0.39 is 52.4 Å². The van der Waals surface area contributed by atoms with Gasteiger partial charge in [0.2, 0.25) is 5.95 Å². The van der Waals surface area contributed by atoms with Crippen LogP contribution in [0.5, 0.6) is 0 Å². The first-order valence-corrected chi connectivity index (χ1v) is 11.0. The monoisotopic (exact) mass is 488 g/mol. The Morgan fingerprint density at radius 1 is 1.35 bits per heavy atom. The lowest BCUT2D eigenvalue weighted by atomic mass is 9.92. The number of nitrogens with zero attached hydrogens (tertiary/aromatic N) is 5. The number of hydrogen-bond acceptors (Lipinski definition) is 7. The largest absolute Gasteiger partial charge is 0.511 e. The maximum absolute atomic E-state index is 14.5. The molecule has 1 aliphatic heterocycles. The predicted octanol–water partition coefficient (Wildman–Crippen LogP) is 2.33. The van der Waals surface area contributed by atoms with E-state index in [4.69, 9.17) is 11.6 Å². The second-order valence-electron chi connectivity index (χ2n) is 7.88. The maximum atomic E-state index is 14.5. The predicted molar refractivity (Wildman–Crippen MR) is 104 cm³/mol. The SMILES string of the molecule is CC(c1nc(Cl)c2cnc(N[C@H]3CCN(S(=O)(=O)C(F)(F)F)C[C@H]3F)nn12)C(C)(C)O. The number of fused-ring (bicyclic) bond motifs is 1. The highest BCUT2D eigenvalue weighted by atomic mass is 35.5. The summed E-state index contributed by atoms with van der Waals surface area (Å²) in [4.78, 5) is 8.23. The molecule has 1 aliphatic rings. The van der Waals surface area contributed by atoms with Crippen LogP contribution in [0.15, 0.2) is 6.20 Å². The third-order valence-corrected chi connectivity index (χ3v) is 7.15. The van der Waals surface area contributed by atoms with Crippen LogP contribution in [0, 0.1) is 0 Å². The Balaban J connectivity index is 1.82. The molecule has 0 spiro atoms. The molecule has 3 heterocycles. The van der Waals surface area contributed by atoms with Crippen LogP contribution < -0.4 is 5.32 Å². The van der Waals surface area contributed by atoms with Crippen LogP contribution in [0.4, 0.5) is 23.5 Å². The molecular weight excluding hydrogens is 468 g/mol. The van der Waals surface area contributed by atoms with Gasteiger partial charge in [0.1, 0.15) is 17.5 Å². The molecule has 1 saturated heterocycles. The van der Waals surface area contributed by atoms with E-state index in [0.29, 0.717) is 11.3 Å². The average Bonchev–Trinajstić information content (AvgIpc) is 2.97. The van der Waals surface area contributed by atoms with Gasteiger partial charge in [0.25, 0.3) is 0 Å². The number of rotatable bonds is 5. The third-order valence-electron chi connectivity index (χ3n) is 5.27. The van der Waals surface area contributed by atoms with E-state index in [1.807, 2.05) is 0 Å². The van der Waals surface area contributed by atoms with Crippen LogP contribution in [0.3, 0.4) is 0 Å². The maximum Gasteiger partial charge on any atom is 0.511 e. The van der Waals surface area contributed by atoms with Crippen molar-refractivity contribution < 1.29 is 31.1 Å². The molecule has 2 aromatic heterocycles. The average molecular weight is 489 g/mol. The lowest BCUT2D eigenvalue weighted by Crippen LogP contribution is -2.52. The molecule has 0 saturated carbocycles. The Morgan fingerprint density at radius 2 is 2.00 bits per heavy atom. The fraction of sp³-hybridized carbons (Fsp3) is 0.688. The molecule has 0 amide bonds.